The number of hydrogen-bond acceptors (Lipinski definition) is 3. The summed E-state index contributed by atoms with van der Waals surface area (Å²) in [5.41, 5.74) is 2.47. The van der Waals surface area contributed by atoms with Crippen LogP contribution >= 0.6 is 0 Å². The predicted molar refractivity (Wildman–Crippen MR) is 103 cm³/mol. The van der Waals surface area contributed by atoms with Gasteiger partial charge in [-0.1, -0.05) is 44.2 Å². The highest BCUT2D eigenvalue weighted by molar-refractivity contribution is 5.80. The maximum Gasteiger partial charge on any atom is 0.158 e. The lowest BCUT2D eigenvalue weighted by atomic mass is 9.74. The molecule has 3 atom stereocenters. The van der Waals surface area contributed by atoms with Crippen molar-refractivity contribution in [2.45, 2.75) is 77.5 Å². The molecule has 1 aromatic rings. The number of benzene rings is 1. The van der Waals surface area contributed by atoms with Crippen LogP contribution in [0.25, 0.3) is 0 Å². The van der Waals surface area contributed by atoms with E-state index in [1.807, 2.05) is 0 Å². The van der Waals surface area contributed by atoms with Gasteiger partial charge in [0, 0.05) is 5.69 Å². The van der Waals surface area contributed by atoms with E-state index in [1.54, 1.807) is 6.92 Å². The lowest BCUT2D eigenvalue weighted by Crippen LogP contribution is -2.55. The molecule has 0 saturated carbocycles. The molecule has 2 heterocycles. The van der Waals surface area contributed by atoms with Crippen molar-refractivity contribution in [2.75, 3.05) is 5.32 Å². The van der Waals surface area contributed by atoms with E-state index in [4.69, 9.17) is 4.74 Å². The Hall–Kier alpha value is -1.61. The molecule has 3 heteroatoms. The third-order valence-corrected chi connectivity index (χ3v) is 5.77. The normalized spacial score (nSPS) is 33.1. The van der Waals surface area contributed by atoms with E-state index >= 15 is 0 Å². The fourth-order valence-electron chi connectivity index (χ4n) is 4.05. The molecular formula is C22H31NO2. The van der Waals surface area contributed by atoms with E-state index in [0.29, 0.717) is 0 Å². The number of ketones is 1. The van der Waals surface area contributed by atoms with Crippen LogP contribution in [0.5, 0.6) is 0 Å². The van der Waals surface area contributed by atoms with Crippen LogP contribution < -0.4 is 5.32 Å². The Morgan fingerprint density at radius 3 is 2.72 bits per heavy atom. The van der Waals surface area contributed by atoms with Gasteiger partial charge >= 0.3 is 0 Å². The second-order valence-electron chi connectivity index (χ2n) is 8.71. The van der Waals surface area contributed by atoms with E-state index in [1.165, 1.54) is 11.3 Å². The number of anilines is 1. The van der Waals surface area contributed by atoms with Crippen LogP contribution in [-0.4, -0.2) is 23.5 Å². The van der Waals surface area contributed by atoms with Gasteiger partial charge in [-0.3, -0.25) is 4.79 Å². The minimum Gasteiger partial charge on any atom is -0.377 e. The molecule has 0 aromatic heterocycles. The molecule has 3 nitrogen and oxygen atoms in total. The molecule has 1 N–H and O–H groups in total. The highest BCUT2D eigenvalue weighted by Crippen LogP contribution is 2.40. The van der Waals surface area contributed by atoms with Crippen molar-refractivity contribution in [1.29, 1.82) is 0 Å². The number of hydrogen-bond donors (Lipinski definition) is 1. The molecule has 136 valence electrons. The predicted octanol–water partition coefficient (Wildman–Crippen LogP) is 4.91. The number of ether oxygens (including phenoxy) is 1. The minimum absolute atomic E-state index is 0.0182. The zero-order valence-corrected chi connectivity index (χ0v) is 16.0. The Balaban J connectivity index is 1.97. The summed E-state index contributed by atoms with van der Waals surface area (Å²) in [6.07, 6.45) is 8.97. The summed E-state index contributed by atoms with van der Waals surface area (Å²) >= 11 is 0. The van der Waals surface area contributed by atoms with Crippen molar-refractivity contribution >= 4 is 11.5 Å². The topological polar surface area (TPSA) is 38.3 Å². The van der Waals surface area contributed by atoms with Gasteiger partial charge in [-0.05, 0) is 63.0 Å². The molecule has 1 fully saturated rings. The SMILES string of the molecule is CC(=O)[C@@H]1CC[C@@]2(C)Nc3ccccc3C/C=C\CC(C)(C)C[C@@H]2O1. The van der Waals surface area contributed by atoms with Crippen LogP contribution in [0.15, 0.2) is 36.4 Å². The van der Waals surface area contributed by atoms with Gasteiger partial charge in [0.25, 0.3) is 0 Å². The van der Waals surface area contributed by atoms with Gasteiger partial charge in [0.15, 0.2) is 5.78 Å². The van der Waals surface area contributed by atoms with Crippen molar-refractivity contribution in [1.82, 2.24) is 0 Å². The van der Waals surface area contributed by atoms with Gasteiger partial charge in [-0.2, -0.15) is 0 Å². The Morgan fingerprint density at radius 2 is 1.96 bits per heavy atom. The first-order valence-electron chi connectivity index (χ1n) is 9.46. The highest BCUT2D eigenvalue weighted by atomic mass is 16.5. The average Bonchev–Trinajstić information content (AvgIpc) is 2.56. The molecular weight excluding hydrogens is 310 g/mol. The van der Waals surface area contributed by atoms with Crippen LogP contribution in [-0.2, 0) is 16.0 Å². The lowest BCUT2D eigenvalue weighted by molar-refractivity contribution is -0.145. The Morgan fingerprint density at radius 1 is 1.20 bits per heavy atom. The monoisotopic (exact) mass is 341 g/mol. The molecule has 25 heavy (non-hydrogen) atoms. The minimum atomic E-state index is -0.258. The van der Waals surface area contributed by atoms with Gasteiger partial charge in [-0.15, -0.1) is 0 Å². The van der Waals surface area contributed by atoms with E-state index in [0.717, 1.165) is 32.1 Å². The highest BCUT2D eigenvalue weighted by Gasteiger charge is 2.44. The quantitative estimate of drug-likeness (QED) is 0.737. The number of fused-ring (bicyclic) bond motifs is 2. The summed E-state index contributed by atoms with van der Waals surface area (Å²) in [5.74, 6) is 0.148. The van der Waals surface area contributed by atoms with Crippen LogP contribution in [0, 0.1) is 5.41 Å². The molecule has 0 amide bonds. The molecule has 0 aliphatic carbocycles. The number of nitrogens with one attached hydrogen (secondary N) is 1. The summed E-state index contributed by atoms with van der Waals surface area (Å²) in [4.78, 5) is 11.9. The largest absolute Gasteiger partial charge is 0.377 e. The molecule has 0 bridgehead atoms. The fraction of sp³-hybridized carbons (Fsp3) is 0.591. The number of Topliss-reactive ketones (excluding diaryl/α,β-unsaturated/α-hetero) is 1. The van der Waals surface area contributed by atoms with Gasteiger partial charge in [0.1, 0.15) is 6.10 Å². The smallest absolute Gasteiger partial charge is 0.158 e. The van der Waals surface area contributed by atoms with Crippen LogP contribution in [0.3, 0.4) is 0 Å². The first-order valence-corrected chi connectivity index (χ1v) is 9.46. The Kier molecular flexibility index (Phi) is 5.06. The van der Waals surface area contributed by atoms with Crippen molar-refractivity contribution in [2.24, 2.45) is 5.41 Å². The average molecular weight is 341 g/mol. The molecule has 0 radical (unpaired) electrons. The molecule has 0 unspecified atom stereocenters. The van der Waals surface area contributed by atoms with Gasteiger partial charge in [0.05, 0.1) is 11.6 Å². The van der Waals surface area contributed by atoms with E-state index in [9.17, 15) is 4.79 Å². The number of carbonyl (C=O) groups is 1. The van der Waals surface area contributed by atoms with E-state index in [2.05, 4.69) is 62.5 Å². The number of carbonyl (C=O) groups excluding carboxylic acids is 1. The molecule has 1 saturated heterocycles. The first kappa shape index (κ1) is 18.2. The van der Waals surface area contributed by atoms with Crippen molar-refractivity contribution in [3.63, 3.8) is 0 Å². The number of allylic oxidation sites excluding steroid dienone is 2. The van der Waals surface area contributed by atoms with E-state index < -0.39 is 0 Å². The fourth-order valence-corrected chi connectivity index (χ4v) is 4.05. The third kappa shape index (κ3) is 4.14. The number of para-hydroxylation sites is 1. The number of rotatable bonds is 1. The standard InChI is InChI=1S/C22H31NO2/c1-16(24)19-12-14-22(4)20(25-19)15-21(2,3)13-8-7-10-17-9-5-6-11-18(17)23-22/h5-9,11,19-20,23H,10,12-15H2,1-4H3/b8-7-/t19-,20-,22+/m0/s1. The van der Waals surface area contributed by atoms with Crippen LogP contribution in [0.2, 0.25) is 0 Å². The molecule has 2 aliphatic rings. The summed E-state index contributed by atoms with van der Waals surface area (Å²) in [6, 6.07) is 8.53. The van der Waals surface area contributed by atoms with Crippen molar-refractivity contribution in [3.05, 3.63) is 42.0 Å². The Labute approximate surface area is 151 Å². The van der Waals surface area contributed by atoms with Crippen molar-refractivity contribution < 1.29 is 9.53 Å². The summed E-state index contributed by atoms with van der Waals surface area (Å²) < 4.78 is 6.34. The second-order valence-corrected chi connectivity index (χ2v) is 8.71. The molecule has 1 aromatic carbocycles. The summed E-state index contributed by atoms with van der Waals surface area (Å²) in [7, 11) is 0. The molecule has 0 spiro atoms. The summed E-state index contributed by atoms with van der Waals surface area (Å²) in [5, 5.41) is 3.80. The molecule has 2 aliphatic heterocycles. The van der Waals surface area contributed by atoms with Gasteiger partial charge < -0.3 is 10.1 Å². The van der Waals surface area contributed by atoms with Crippen molar-refractivity contribution in [3.8, 4) is 0 Å². The van der Waals surface area contributed by atoms with Gasteiger partial charge in [-0.25, -0.2) is 0 Å². The maximum absolute atomic E-state index is 11.9. The zero-order valence-electron chi connectivity index (χ0n) is 16.0. The van der Waals surface area contributed by atoms with Crippen LogP contribution in [0.1, 0.15) is 58.9 Å². The second kappa shape index (κ2) is 6.95. The van der Waals surface area contributed by atoms with E-state index in [-0.39, 0.29) is 28.9 Å². The zero-order chi connectivity index (χ0) is 18.1. The first-order chi connectivity index (χ1) is 11.8. The third-order valence-electron chi connectivity index (χ3n) is 5.77. The lowest BCUT2D eigenvalue weighted by Gasteiger charge is -2.47. The Bertz CT molecular complexity index is 664. The maximum atomic E-state index is 11.9. The summed E-state index contributed by atoms with van der Waals surface area (Å²) in [6.45, 7) is 8.49. The van der Waals surface area contributed by atoms with Gasteiger partial charge in [0.2, 0.25) is 0 Å². The molecule has 3 rings (SSSR count). The van der Waals surface area contributed by atoms with Crippen LogP contribution in [0.4, 0.5) is 5.69 Å².